The predicted octanol–water partition coefficient (Wildman–Crippen LogP) is 2.69. The molecule has 112 valence electrons. The molecule has 2 aromatic heterocycles. The monoisotopic (exact) mass is 307 g/mol. The van der Waals surface area contributed by atoms with Gasteiger partial charge in [0.1, 0.15) is 22.1 Å². The van der Waals surface area contributed by atoms with E-state index >= 15 is 0 Å². The van der Waals surface area contributed by atoms with E-state index in [-0.39, 0.29) is 12.2 Å². The number of ether oxygens (including phenoxy) is 2. The summed E-state index contributed by atoms with van der Waals surface area (Å²) < 4.78 is 11.1. The minimum atomic E-state index is -0.470. The van der Waals surface area contributed by atoms with Crippen LogP contribution in [0, 0.1) is 0 Å². The highest BCUT2D eigenvalue weighted by Gasteiger charge is 2.35. The van der Waals surface area contributed by atoms with Crippen molar-refractivity contribution in [3.05, 3.63) is 17.6 Å². The van der Waals surface area contributed by atoms with Gasteiger partial charge in [0.25, 0.3) is 0 Å². The van der Waals surface area contributed by atoms with E-state index in [2.05, 4.69) is 9.97 Å². The first kappa shape index (κ1) is 14.1. The van der Waals surface area contributed by atoms with Crippen LogP contribution in [0.2, 0.25) is 0 Å². The van der Waals surface area contributed by atoms with Gasteiger partial charge < -0.3 is 14.4 Å². The number of pyridine rings is 1. The lowest BCUT2D eigenvalue weighted by Crippen LogP contribution is -2.57. The summed E-state index contributed by atoms with van der Waals surface area (Å²) in [5.41, 5.74) is 2.16. The van der Waals surface area contributed by atoms with Gasteiger partial charge >= 0.3 is 6.09 Å². The fraction of sp³-hybridized carbons (Fsp3) is 0.500. The molecule has 1 aliphatic heterocycles. The van der Waals surface area contributed by atoms with Crippen molar-refractivity contribution < 1.29 is 14.3 Å². The van der Waals surface area contributed by atoms with Gasteiger partial charge in [0.2, 0.25) is 5.88 Å². The van der Waals surface area contributed by atoms with Crippen LogP contribution in [0.4, 0.5) is 4.79 Å². The lowest BCUT2D eigenvalue weighted by molar-refractivity contribution is -0.0231. The molecule has 21 heavy (non-hydrogen) atoms. The maximum Gasteiger partial charge on any atom is 0.410 e. The van der Waals surface area contributed by atoms with E-state index in [1.807, 2.05) is 26.8 Å². The second-order valence-electron chi connectivity index (χ2n) is 5.95. The molecule has 7 heteroatoms. The van der Waals surface area contributed by atoms with Gasteiger partial charge in [0, 0.05) is 6.07 Å². The number of carbonyl (C=O) groups is 1. The van der Waals surface area contributed by atoms with Crippen LogP contribution in [0.5, 0.6) is 5.88 Å². The average molecular weight is 307 g/mol. The first-order valence-electron chi connectivity index (χ1n) is 6.75. The highest BCUT2D eigenvalue weighted by Crippen LogP contribution is 2.22. The summed E-state index contributed by atoms with van der Waals surface area (Å²) >= 11 is 1.48. The standard InChI is InChI=1S/C14H17N3O3S/c1-14(2,3)20-13(18)17-6-9(7-17)19-11-5-4-10-12(16-11)21-8-15-10/h4-5,8-9H,6-7H2,1-3H3. The SMILES string of the molecule is CC(C)(C)OC(=O)N1CC(Oc2ccc3ncsc3n2)C1. The van der Waals surface area contributed by atoms with Crippen molar-refractivity contribution in [1.29, 1.82) is 0 Å². The molecule has 1 aliphatic rings. The third-order valence-corrected chi connectivity index (χ3v) is 3.69. The number of nitrogens with zero attached hydrogens (tertiary/aromatic N) is 3. The largest absolute Gasteiger partial charge is 0.471 e. The Morgan fingerprint density at radius 3 is 2.86 bits per heavy atom. The molecule has 0 aromatic carbocycles. The van der Waals surface area contributed by atoms with Crippen LogP contribution in [0.1, 0.15) is 20.8 Å². The third kappa shape index (κ3) is 3.24. The molecule has 1 fully saturated rings. The van der Waals surface area contributed by atoms with Crippen LogP contribution in [0.15, 0.2) is 17.6 Å². The molecule has 0 spiro atoms. The van der Waals surface area contributed by atoms with Gasteiger partial charge in [0.15, 0.2) is 0 Å². The van der Waals surface area contributed by atoms with Crippen molar-refractivity contribution in [1.82, 2.24) is 14.9 Å². The van der Waals surface area contributed by atoms with Crippen LogP contribution < -0.4 is 4.74 Å². The Morgan fingerprint density at radius 2 is 2.14 bits per heavy atom. The van der Waals surface area contributed by atoms with Crippen molar-refractivity contribution >= 4 is 27.8 Å². The highest BCUT2D eigenvalue weighted by molar-refractivity contribution is 7.16. The van der Waals surface area contributed by atoms with Crippen LogP contribution >= 0.6 is 11.3 Å². The van der Waals surface area contributed by atoms with Gasteiger partial charge in [-0.1, -0.05) is 0 Å². The molecule has 0 radical (unpaired) electrons. The fourth-order valence-corrected chi connectivity index (χ4v) is 2.61. The lowest BCUT2D eigenvalue weighted by Gasteiger charge is -2.39. The Labute approximate surface area is 126 Å². The maximum absolute atomic E-state index is 11.8. The zero-order valence-electron chi connectivity index (χ0n) is 12.2. The molecule has 0 aliphatic carbocycles. The summed E-state index contributed by atoms with van der Waals surface area (Å²) in [5, 5.41) is 0. The Balaban J connectivity index is 1.53. The molecule has 0 atom stereocenters. The summed E-state index contributed by atoms with van der Waals surface area (Å²) in [7, 11) is 0. The van der Waals surface area contributed by atoms with E-state index in [1.54, 1.807) is 16.5 Å². The summed E-state index contributed by atoms with van der Waals surface area (Å²) in [6, 6.07) is 3.69. The molecule has 3 rings (SSSR count). The highest BCUT2D eigenvalue weighted by atomic mass is 32.1. The first-order valence-corrected chi connectivity index (χ1v) is 7.63. The van der Waals surface area contributed by atoms with Gasteiger partial charge in [-0.15, -0.1) is 11.3 Å². The fourth-order valence-electron chi connectivity index (χ4n) is 1.96. The summed E-state index contributed by atoms with van der Waals surface area (Å²) in [6.45, 7) is 6.61. The van der Waals surface area contributed by atoms with Crippen LogP contribution in [-0.2, 0) is 4.74 Å². The van der Waals surface area contributed by atoms with Gasteiger partial charge in [-0.05, 0) is 26.8 Å². The van der Waals surface area contributed by atoms with E-state index in [9.17, 15) is 4.79 Å². The molecule has 0 unspecified atom stereocenters. The number of rotatable bonds is 2. The summed E-state index contributed by atoms with van der Waals surface area (Å²) in [4.78, 5) is 22.8. The third-order valence-electron chi connectivity index (χ3n) is 2.96. The second-order valence-corrected chi connectivity index (χ2v) is 6.78. The van der Waals surface area contributed by atoms with Crippen molar-refractivity contribution in [2.45, 2.75) is 32.5 Å². The van der Waals surface area contributed by atoms with Gasteiger partial charge in [-0.2, -0.15) is 0 Å². The van der Waals surface area contributed by atoms with Crippen molar-refractivity contribution in [3.8, 4) is 5.88 Å². The molecule has 0 N–H and O–H groups in total. The van der Waals surface area contributed by atoms with Crippen molar-refractivity contribution in [2.75, 3.05) is 13.1 Å². The molecule has 1 saturated heterocycles. The van der Waals surface area contributed by atoms with E-state index in [0.29, 0.717) is 19.0 Å². The minimum absolute atomic E-state index is 0.0320. The number of aromatic nitrogens is 2. The smallest absolute Gasteiger partial charge is 0.410 e. The molecule has 1 amide bonds. The number of hydrogen-bond acceptors (Lipinski definition) is 6. The average Bonchev–Trinajstić information content (AvgIpc) is 2.77. The Hall–Kier alpha value is -1.89. The Bertz CT molecular complexity index is 659. The molecular weight excluding hydrogens is 290 g/mol. The maximum atomic E-state index is 11.8. The Morgan fingerprint density at radius 1 is 1.38 bits per heavy atom. The quantitative estimate of drug-likeness (QED) is 0.853. The minimum Gasteiger partial charge on any atom is -0.471 e. The number of hydrogen-bond donors (Lipinski definition) is 0. The first-order chi connectivity index (χ1) is 9.90. The molecule has 6 nitrogen and oxygen atoms in total. The lowest BCUT2D eigenvalue weighted by atomic mass is 10.2. The van der Waals surface area contributed by atoms with Crippen LogP contribution in [-0.4, -0.2) is 45.8 Å². The Kier molecular flexibility index (Phi) is 3.44. The van der Waals surface area contributed by atoms with Gasteiger partial charge in [-0.3, -0.25) is 0 Å². The predicted molar refractivity (Wildman–Crippen MR) is 79.6 cm³/mol. The number of fused-ring (bicyclic) bond motifs is 1. The van der Waals surface area contributed by atoms with E-state index < -0.39 is 5.60 Å². The summed E-state index contributed by atoms with van der Waals surface area (Å²) in [5.74, 6) is 0.570. The van der Waals surface area contributed by atoms with E-state index in [1.165, 1.54) is 11.3 Å². The topological polar surface area (TPSA) is 64.5 Å². The zero-order valence-corrected chi connectivity index (χ0v) is 13.0. The van der Waals surface area contributed by atoms with Gasteiger partial charge in [0.05, 0.1) is 18.6 Å². The normalized spacial score (nSPS) is 15.9. The molecular formula is C14H17N3O3S. The second kappa shape index (κ2) is 5.14. The number of likely N-dealkylation sites (tertiary alicyclic amines) is 1. The summed E-state index contributed by atoms with van der Waals surface area (Å²) in [6.07, 6.45) is -0.330. The molecule has 3 heterocycles. The number of thiazole rings is 1. The van der Waals surface area contributed by atoms with Crippen molar-refractivity contribution in [3.63, 3.8) is 0 Å². The zero-order chi connectivity index (χ0) is 15.0. The van der Waals surface area contributed by atoms with E-state index in [4.69, 9.17) is 9.47 Å². The van der Waals surface area contributed by atoms with Crippen LogP contribution in [0.3, 0.4) is 0 Å². The molecule has 0 saturated carbocycles. The van der Waals surface area contributed by atoms with Gasteiger partial charge in [-0.25, -0.2) is 14.8 Å². The molecule has 0 bridgehead atoms. The molecule has 2 aromatic rings. The number of carbonyl (C=O) groups excluding carboxylic acids is 1. The van der Waals surface area contributed by atoms with E-state index in [0.717, 1.165) is 10.3 Å². The number of amides is 1. The van der Waals surface area contributed by atoms with Crippen molar-refractivity contribution in [2.24, 2.45) is 0 Å². The van der Waals surface area contributed by atoms with Crippen LogP contribution in [0.25, 0.3) is 10.3 Å².